The van der Waals surface area contributed by atoms with Crippen LogP contribution >= 0.6 is 0 Å². The molecule has 0 radical (unpaired) electrons. The molecular weight excluding hydrogens is 319 g/mol. The third kappa shape index (κ3) is 4.24. The first kappa shape index (κ1) is 17.8. The molecule has 0 atom stereocenters. The molecule has 0 saturated carbocycles. The molecule has 0 aliphatic carbocycles. The van der Waals surface area contributed by atoms with E-state index in [0.29, 0.717) is 0 Å². The molecule has 0 spiro atoms. The normalized spacial score (nSPS) is 12.3. The van der Waals surface area contributed by atoms with Gasteiger partial charge in [0.25, 0.3) is 0 Å². The maximum absolute atomic E-state index is 13.6. The van der Waals surface area contributed by atoms with Crippen molar-refractivity contribution in [2.75, 3.05) is 0 Å². The van der Waals surface area contributed by atoms with Gasteiger partial charge in [0, 0.05) is 0 Å². The SMILES string of the molecule is CC(C)(C)OC(=O)c1nc2nc(F)nc(C(=O)OC(C)(C)C)c2[nH]1. The van der Waals surface area contributed by atoms with E-state index in [-0.39, 0.29) is 22.7 Å². The van der Waals surface area contributed by atoms with Gasteiger partial charge in [0.2, 0.25) is 5.82 Å². The number of carbonyl (C=O) groups excluding carboxylic acids is 2. The van der Waals surface area contributed by atoms with Crippen LogP contribution in [0, 0.1) is 6.08 Å². The number of carbonyl (C=O) groups is 2. The Kier molecular flexibility index (Phi) is 4.30. The maximum atomic E-state index is 13.6. The van der Waals surface area contributed by atoms with Gasteiger partial charge in [-0.15, -0.1) is 0 Å². The molecule has 0 aromatic carbocycles. The molecule has 9 heteroatoms. The van der Waals surface area contributed by atoms with Crippen LogP contribution in [0.5, 0.6) is 0 Å². The summed E-state index contributed by atoms with van der Waals surface area (Å²) in [5, 5.41) is 0. The zero-order valence-electron chi connectivity index (χ0n) is 14.4. The largest absolute Gasteiger partial charge is 0.455 e. The molecule has 2 rings (SSSR count). The number of nitrogens with zero attached hydrogens (tertiary/aromatic N) is 3. The van der Waals surface area contributed by atoms with Crippen molar-refractivity contribution in [3.8, 4) is 0 Å². The molecule has 0 bridgehead atoms. The molecule has 2 aromatic rings. The second-order valence-corrected chi connectivity index (χ2v) is 7.13. The van der Waals surface area contributed by atoms with Gasteiger partial charge in [-0.3, -0.25) is 0 Å². The van der Waals surface area contributed by atoms with Crippen LogP contribution in [0.3, 0.4) is 0 Å². The number of imidazole rings is 1. The van der Waals surface area contributed by atoms with Crippen molar-refractivity contribution in [1.82, 2.24) is 19.9 Å². The first-order valence-corrected chi connectivity index (χ1v) is 7.26. The van der Waals surface area contributed by atoms with Crippen LogP contribution in [-0.4, -0.2) is 43.1 Å². The Labute approximate surface area is 137 Å². The van der Waals surface area contributed by atoms with Crippen LogP contribution in [0.4, 0.5) is 4.39 Å². The lowest BCUT2D eigenvalue weighted by Gasteiger charge is -2.19. The van der Waals surface area contributed by atoms with Crippen LogP contribution in [-0.2, 0) is 9.47 Å². The lowest BCUT2D eigenvalue weighted by Crippen LogP contribution is -2.25. The highest BCUT2D eigenvalue weighted by molar-refractivity contribution is 6.00. The van der Waals surface area contributed by atoms with Crippen molar-refractivity contribution < 1.29 is 23.5 Å². The Bertz CT molecular complexity index is 802. The number of nitrogens with one attached hydrogen (secondary N) is 1. The second-order valence-electron chi connectivity index (χ2n) is 7.13. The number of halogens is 1. The zero-order chi connectivity index (χ0) is 18.3. The van der Waals surface area contributed by atoms with Crippen molar-refractivity contribution in [3.63, 3.8) is 0 Å². The number of hydrogen-bond acceptors (Lipinski definition) is 7. The minimum absolute atomic E-state index is 0.00603. The fraction of sp³-hybridized carbons (Fsp3) is 0.533. The predicted molar refractivity (Wildman–Crippen MR) is 82.0 cm³/mol. The van der Waals surface area contributed by atoms with E-state index in [1.807, 2.05) is 0 Å². The number of esters is 2. The molecule has 1 N–H and O–H groups in total. The molecule has 8 nitrogen and oxygen atoms in total. The maximum Gasteiger partial charge on any atom is 0.374 e. The molecule has 0 amide bonds. The summed E-state index contributed by atoms with van der Waals surface area (Å²) in [6.45, 7) is 10.1. The van der Waals surface area contributed by atoms with E-state index in [1.54, 1.807) is 41.5 Å². The number of fused-ring (bicyclic) bond motifs is 1. The first-order valence-electron chi connectivity index (χ1n) is 7.26. The average molecular weight is 338 g/mol. The number of rotatable bonds is 2. The van der Waals surface area contributed by atoms with Gasteiger partial charge in [0.15, 0.2) is 11.3 Å². The van der Waals surface area contributed by atoms with Gasteiger partial charge in [-0.05, 0) is 41.5 Å². The second kappa shape index (κ2) is 5.81. The van der Waals surface area contributed by atoms with E-state index in [1.165, 1.54) is 0 Å². The Hall–Kier alpha value is -2.58. The summed E-state index contributed by atoms with van der Waals surface area (Å²) in [5.41, 5.74) is -2.02. The van der Waals surface area contributed by atoms with E-state index in [2.05, 4.69) is 19.9 Å². The van der Waals surface area contributed by atoms with Gasteiger partial charge in [0.1, 0.15) is 16.7 Å². The first-order chi connectivity index (χ1) is 10.9. The molecule has 24 heavy (non-hydrogen) atoms. The molecule has 0 saturated heterocycles. The Morgan fingerprint density at radius 2 is 1.46 bits per heavy atom. The topological polar surface area (TPSA) is 107 Å². The third-order valence-corrected chi connectivity index (χ3v) is 2.51. The summed E-state index contributed by atoms with van der Waals surface area (Å²) in [6.07, 6.45) is -1.15. The van der Waals surface area contributed by atoms with E-state index in [4.69, 9.17) is 9.47 Å². The summed E-state index contributed by atoms with van der Waals surface area (Å²) in [6, 6.07) is 0. The van der Waals surface area contributed by atoms with Gasteiger partial charge in [-0.2, -0.15) is 14.4 Å². The number of aromatic amines is 1. The zero-order valence-corrected chi connectivity index (χ0v) is 14.4. The smallest absolute Gasteiger partial charge is 0.374 e. The van der Waals surface area contributed by atoms with Crippen molar-refractivity contribution in [1.29, 1.82) is 0 Å². The number of H-pyrrole nitrogens is 1. The molecule has 0 fully saturated rings. The van der Waals surface area contributed by atoms with E-state index in [9.17, 15) is 14.0 Å². The number of aromatic nitrogens is 4. The highest BCUT2D eigenvalue weighted by atomic mass is 19.1. The fourth-order valence-electron chi connectivity index (χ4n) is 1.77. The van der Waals surface area contributed by atoms with Crippen molar-refractivity contribution in [3.05, 3.63) is 17.6 Å². The molecule has 2 aromatic heterocycles. The molecule has 0 aliphatic heterocycles. The quantitative estimate of drug-likeness (QED) is 0.662. The summed E-state index contributed by atoms with van der Waals surface area (Å²) >= 11 is 0. The minimum atomic E-state index is -1.15. The standard InChI is InChI=1S/C15H19FN4O4/c1-14(2,3)23-11(21)8-7-9(20-13(16)18-8)19-10(17-7)12(22)24-15(4,5)6/h1-6H3,(H,17,18,19,20). The van der Waals surface area contributed by atoms with Gasteiger partial charge < -0.3 is 14.5 Å². The Morgan fingerprint density at radius 3 is 2.00 bits per heavy atom. The van der Waals surface area contributed by atoms with Crippen molar-refractivity contribution in [2.45, 2.75) is 52.7 Å². The molecule has 0 unspecified atom stereocenters. The lowest BCUT2D eigenvalue weighted by molar-refractivity contribution is 0.00453. The van der Waals surface area contributed by atoms with Gasteiger partial charge in [0.05, 0.1) is 0 Å². The average Bonchev–Trinajstić information content (AvgIpc) is 2.77. The Morgan fingerprint density at radius 1 is 0.917 bits per heavy atom. The van der Waals surface area contributed by atoms with Gasteiger partial charge in [-0.1, -0.05) is 0 Å². The minimum Gasteiger partial charge on any atom is -0.455 e. The number of ether oxygens (including phenoxy) is 2. The monoisotopic (exact) mass is 338 g/mol. The van der Waals surface area contributed by atoms with E-state index < -0.39 is 29.2 Å². The summed E-state index contributed by atoms with van der Waals surface area (Å²) in [7, 11) is 0. The highest BCUT2D eigenvalue weighted by Gasteiger charge is 2.27. The van der Waals surface area contributed by atoms with Crippen molar-refractivity contribution in [2.24, 2.45) is 0 Å². The summed E-state index contributed by atoms with van der Waals surface area (Å²) < 4.78 is 23.9. The summed E-state index contributed by atoms with van der Waals surface area (Å²) in [4.78, 5) is 37.6. The molecule has 0 aliphatic rings. The van der Waals surface area contributed by atoms with Crippen LogP contribution < -0.4 is 0 Å². The fourth-order valence-corrected chi connectivity index (χ4v) is 1.77. The molecular formula is C15H19FN4O4. The van der Waals surface area contributed by atoms with Gasteiger partial charge >= 0.3 is 18.0 Å². The van der Waals surface area contributed by atoms with Crippen LogP contribution in [0.25, 0.3) is 11.2 Å². The van der Waals surface area contributed by atoms with Crippen LogP contribution in [0.15, 0.2) is 0 Å². The van der Waals surface area contributed by atoms with Crippen molar-refractivity contribution >= 4 is 23.1 Å². The highest BCUT2D eigenvalue weighted by Crippen LogP contribution is 2.19. The molecule has 130 valence electrons. The summed E-state index contributed by atoms with van der Waals surface area (Å²) in [5.74, 6) is -1.81. The number of hydrogen-bond donors (Lipinski definition) is 1. The molecule has 2 heterocycles. The predicted octanol–water partition coefficient (Wildman–Crippen LogP) is 2.40. The Balaban J connectivity index is 2.47. The van der Waals surface area contributed by atoms with Crippen LogP contribution in [0.2, 0.25) is 0 Å². The van der Waals surface area contributed by atoms with E-state index >= 15 is 0 Å². The van der Waals surface area contributed by atoms with E-state index in [0.717, 1.165) is 0 Å². The van der Waals surface area contributed by atoms with Crippen LogP contribution in [0.1, 0.15) is 62.6 Å². The van der Waals surface area contributed by atoms with Gasteiger partial charge in [-0.25, -0.2) is 14.6 Å². The third-order valence-electron chi connectivity index (χ3n) is 2.51. The lowest BCUT2D eigenvalue weighted by atomic mass is 10.2.